The molecule has 1 heterocycles. The number of esters is 1. The van der Waals surface area contributed by atoms with Gasteiger partial charge in [0, 0.05) is 19.6 Å². The highest BCUT2D eigenvalue weighted by Gasteiger charge is 2.19. The van der Waals surface area contributed by atoms with Gasteiger partial charge in [0.05, 0.1) is 19.1 Å². The molecule has 1 amide bonds. The predicted molar refractivity (Wildman–Crippen MR) is 57.8 cm³/mol. The van der Waals surface area contributed by atoms with Crippen molar-refractivity contribution >= 4 is 11.9 Å². The molecule has 0 bridgehead atoms. The Labute approximate surface area is 95.5 Å². The maximum atomic E-state index is 11.5. The Balaban J connectivity index is 2.17. The summed E-state index contributed by atoms with van der Waals surface area (Å²) in [6.07, 6.45) is 2.35. The Morgan fingerprint density at radius 2 is 2.31 bits per heavy atom. The summed E-state index contributed by atoms with van der Waals surface area (Å²) in [6, 6.07) is 0. The molecule has 1 fully saturated rings. The number of hydrogen-bond donors (Lipinski definition) is 1. The molecule has 1 rings (SSSR count). The van der Waals surface area contributed by atoms with Crippen LogP contribution in [0.2, 0.25) is 0 Å². The van der Waals surface area contributed by atoms with E-state index in [0.717, 1.165) is 19.4 Å². The fourth-order valence-corrected chi connectivity index (χ4v) is 1.67. The Morgan fingerprint density at radius 3 is 2.88 bits per heavy atom. The molecule has 92 valence electrons. The molecule has 1 N–H and O–H groups in total. The van der Waals surface area contributed by atoms with E-state index >= 15 is 0 Å². The van der Waals surface area contributed by atoms with Gasteiger partial charge in [-0.25, -0.2) is 0 Å². The second kappa shape index (κ2) is 6.48. The van der Waals surface area contributed by atoms with E-state index in [4.69, 9.17) is 4.74 Å². The van der Waals surface area contributed by atoms with Gasteiger partial charge in [0.2, 0.25) is 5.91 Å². The first-order valence-corrected chi connectivity index (χ1v) is 5.59. The molecule has 0 aromatic heterocycles. The van der Waals surface area contributed by atoms with Crippen LogP contribution in [0.4, 0.5) is 0 Å². The van der Waals surface area contributed by atoms with Crippen LogP contribution >= 0.6 is 0 Å². The zero-order chi connectivity index (χ0) is 12.0. The van der Waals surface area contributed by atoms with E-state index in [-0.39, 0.29) is 24.4 Å². The third kappa shape index (κ3) is 4.18. The van der Waals surface area contributed by atoms with E-state index in [2.05, 4.69) is 10.1 Å². The highest BCUT2D eigenvalue weighted by atomic mass is 16.5. The van der Waals surface area contributed by atoms with Crippen molar-refractivity contribution in [1.82, 2.24) is 5.32 Å². The number of amides is 1. The first kappa shape index (κ1) is 13.0. The van der Waals surface area contributed by atoms with Gasteiger partial charge in [-0.05, 0) is 12.8 Å². The SMILES string of the molecule is COC(=O)[C@@H](C)CC(=O)NC[C@H]1CCCO1. The highest BCUT2D eigenvalue weighted by Crippen LogP contribution is 2.11. The number of methoxy groups -OCH3 is 1. The summed E-state index contributed by atoms with van der Waals surface area (Å²) in [5.74, 6) is -0.879. The maximum Gasteiger partial charge on any atom is 0.308 e. The Hall–Kier alpha value is -1.10. The van der Waals surface area contributed by atoms with E-state index in [1.54, 1.807) is 6.92 Å². The van der Waals surface area contributed by atoms with Crippen LogP contribution in [-0.4, -0.2) is 38.2 Å². The van der Waals surface area contributed by atoms with Gasteiger partial charge in [-0.3, -0.25) is 9.59 Å². The monoisotopic (exact) mass is 229 g/mol. The number of carbonyl (C=O) groups is 2. The van der Waals surface area contributed by atoms with Crippen molar-refractivity contribution in [2.75, 3.05) is 20.3 Å². The second-order valence-corrected chi connectivity index (χ2v) is 4.07. The molecule has 1 aliphatic heterocycles. The summed E-state index contributed by atoms with van der Waals surface area (Å²) in [6.45, 7) is 2.99. The minimum Gasteiger partial charge on any atom is -0.469 e. The number of hydrogen-bond acceptors (Lipinski definition) is 4. The van der Waals surface area contributed by atoms with Crippen molar-refractivity contribution in [3.05, 3.63) is 0 Å². The summed E-state index contributed by atoms with van der Waals surface area (Å²) in [5, 5.41) is 2.76. The number of carbonyl (C=O) groups excluding carboxylic acids is 2. The van der Waals surface area contributed by atoms with Gasteiger partial charge in [-0.1, -0.05) is 6.92 Å². The van der Waals surface area contributed by atoms with Crippen molar-refractivity contribution < 1.29 is 19.1 Å². The fraction of sp³-hybridized carbons (Fsp3) is 0.818. The standard InChI is InChI=1S/C11H19NO4/c1-8(11(14)15-2)6-10(13)12-7-9-4-3-5-16-9/h8-9H,3-7H2,1-2H3,(H,12,13)/t8-,9+/m0/s1. The van der Waals surface area contributed by atoms with E-state index in [1.807, 2.05) is 0 Å². The van der Waals surface area contributed by atoms with Gasteiger partial charge >= 0.3 is 5.97 Å². The summed E-state index contributed by atoms with van der Waals surface area (Å²) in [5.41, 5.74) is 0. The lowest BCUT2D eigenvalue weighted by atomic mass is 10.1. The van der Waals surface area contributed by atoms with Gasteiger partial charge in [-0.2, -0.15) is 0 Å². The van der Waals surface area contributed by atoms with Gasteiger partial charge in [0.15, 0.2) is 0 Å². The third-order valence-corrected chi connectivity index (χ3v) is 2.65. The molecule has 0 unspecified atom stereocenters. The largest absolute Gasteiger partial charge is 0.469 e. The topological polar surface area (TPSA) is 64.6 Å². The Bertz CT molecular complexity index is 248. The minimum atomic E-state index is -0.394. The van der Waals surface area contributed by atoms with Gasteiger partial charge in [0.1, 0.15) is 0 Å². The Kier molecular flexibility index (Phi) is 5.25. The van der Waals surface area contributed by atoms with Crippen molar-refractivity contribution in [3.8, 4) is 0 Å². The predicted octanol–water partition coefficient (Wildman–Crippen LogP) is 0.481. The van der Waals surface area contributed by atoms with Crippen LogP contribution in [0, 0.1) is 5.92 Å². The molecule has 1 saturated heterocycles. The van der Waals surface area contributed by atoms with E-state index in [0.29, 0.717) is 6.54 Å². The zero-order valence-electron chi connectivity index (χ0n) is 9.82. The second-order valence-electron chi connectivity index (χ2n) is 4.07. The lowest BCUT2D eigenvalue weighted by Gasteiger charge is -2.12. The number of ether oxygens (including phenoxy) is 2. The van der Waals surface area contributed by atoms with Crippen molar-refractivity contribution in [1.29, 1.82) is 0 Å². The molecule has 16 heavy (non-hydrogen) atoms. The molecule has 2 atom stereocenters. The molecule has 5 heteroatoms. The first-order chi connectivity index (χ1) is 7.63. The van der Waals surface area contributed by atoms with Gasteiger partial charge in [0.25, 0.3) is 0 Å². The highest BCUT2D eigenvalue weighted by molar-refractivity contribution is 5.82. The molecule has 0 aromatic rings. The maximum absolute atomic E-state index is 11.5. The average molecular weight is 229 g/mol. The molecule has 0 radical (unpaired) electrons. The van der Waals surface area contributed by atoms with Crippen LogP contribution < -0.4 is 5.32 Å². The molecular weight excluding hydrogens is 210 g/mol. The van der Waals surface area contributed by atoms with Crippen LogP contribution in [0.25, 0.3) is 0 Å². The molecule has 1 aliphatic rings. The molecule has 5 nitrogen and oxygen atoms in total. The molecule has 0 aliphatic carbocycles. The summed E-state index contributed by atoms with van der Waals surface area (Å²) < 4.78 is 9.92. The van der Waals surface area contributed by atoms with Crippen molar-refractivity contribution in [2.24, 2.45) is 5.92 Å². The molecular formula is C11H19NO4. The lowest BCUT2D eigenvalue weighted by molar-refractivity contribution is -0.146. The summed E-state index contributed by atoms with van der Waals surface area (Å²) in [7, 11) is 1.32. The normalized spacial score (nSPS) is 21.5. The van der Waals surface area contributed by atoms with E-state index < -0.39 is 5.92 Å². The summed E-state index contributed by atoms with van der Waals surface area (Å²) in [4.78, 5) is 22.5. The van der Waals surface area contributed by atoms with E-state index in [9.17, 15) is 9.59 Å². The van der Waals surface area contributed by atoms with Gasteiger partial charge < -0.3 is 14.8 Å². The van der Waals surface area contributed by atoms with Crippen molar-refractivity contribution in [3.63, 3.8) is 0 Å². The fourth-order valence-electron chi connectivity index (χ4n) is 1.67. The van der Waals surface area contributed by atoms with Crippen LogP contribution in [-0.2, 0) is 19.1 Å². The minimum absolute atomic E-state index is 0.131. The average Bonchev–Trinajstić information content (AvgIpc) is 2.78. The van der Waals surface area contributed by atoms with Crippen LogP contribution in [0.1, 0.15) is 26.2 Å². The zero-order valence-corrected chi connectivity index (χ0v) is 9.82. The quantitative estimate of drug-likeness (QED) is 0.696. The van der Waals surface area contributed by atoms with E-state index in [1.165, 1.54) is 7.11 Å². The van der Waals surface area contributed by atoms with Crippen LogP contribution in [0.3, 0.4) is 0 Å². The lowest BCUT2D eigenvalue weighted by Crippen LogP contribution is -2.33. The third-order valence-electron chi connectivity index (χ3n) is 2.65. The van der Waals surface area contributed by atoms with Crippen molar-refractivity contribution in [2.45, 2.75) is 32.3 Å². The van der Waals surface area contributed by atoms with Crippen LogP contribution in [0.15, 0.2) is 0 Å². The molecule has 0 aromatic carbocycles. The van der Waals surface area contributed by atoms with Gasteiger partial charge in [-0.15, -0.1) is 0 Å². The van der Waals surface area contributed by atoms with Crippen LogP contribution in [0.5, 0.6) is 0 Å². The Morgan fingerprint density at radius 1 is 1.56 bits per heavy atom. The smallest absolute Gasteiger partial charge is 0.308 e. The number of nitrogens with one attached hydrogen (secondary N) is 1. The first-order valence-electron chi connectivity index (χ1n) is 5.59. The molecule has 0 saturated carbocycles. The summed E-state index contributed by atoms with van der Waals surface area (Å²) >= 11 is 0. The number of rotatable bonds is 5. The molecule has 0 spiro atoms.